The van der Waals surface area contributed by atoms with E-state index in [0.717, 1.165) is 44.2 Å². The zero-order valence-corrected chi connectivity index (χ0v) is 11.7. The molecule has 5 heteroatoms. The van der Waals surface area contributed by atoms with Crippen molar-refractivity contribution in [3.05, 3.63) is 16.1 Å². The minimum Gasteiger partial charge on any atom is -0.375 e. The van der Waals surface area contributed by atoms with E-state index in [0.29, 0.717) is 12.1 Å². The molecular formula is C13H21N3OS. The van der Waals surface area contributed by atoms with E-state index in [1.807, 2.05) is 0 Å². The van der Waals surface area contributed by atoms with Crippen LogP contribution in [0, 0.1) is 6.92 Å². The molecule has 3 heterocycles. The molecule has 4 nitrogen and oxygen atoms in total. The summed E-state index contributed by atoms with van der Waals surface area (Å²) in [6.07, 6.45) is 2.74. The predicted molar refractivity (Wildman–Crippen MR) is 72.9 cm³/mol. The lowest BCUT2D eigenvalue weighted by Crippen LogP contribution is -2.50. The Morgan fingerprint density at radius 1 is 1.50 bits per heavy atom. The quantitative estimate of drug-likeness (QED) is 0.879. The molecule has 2 fully saturated rings. The van der Waals surface area contributed by atoms with Gasteiger partial charge in [-0.25, -0.2) is 4.98 Å². The third-order valence-corrected chi connectivity index (χ3v) is 4.69. The van der Waals surface area contributed by atoms with E-state index in [4.69, 9.17) is 4.74 Å². The second-order valence-electron chi connectivity index (χ2n) is 5.13. The molecule has 2 aliphatic heterocycles. The lowest BCUT2D eigenvalue weighted by Gasteiger charge is -2.40. The number of fused-ring (bicyclic) bond motifs is 1. The van der Waals surface area contributed by atoms with Gasteiger partial charge in [0, 0.05) is 24.5 Å². The average molecular weight is 267 g/mol. The average Bonchev–Trinajstić information content (AvgIpc) is 2.65. The van der Waals surface area contributed by atoms with Crippen LogP contribution in [0.5, 0.6) is 0 Å². The maximum atomic E-state index is 5.94. The fourth-order valence-corrected chi connectivity index (χ4v) is 3.59. The number of thiazole rings is 1. The lowest BCUT2D eigenvalue weighted by molar-refractivity contribution is -0.0749. The number of nitrogens with one attached hydrogen (secondary N) is 1. The largest absolute Gasteiger partial charge is 0.375 e. The molecule has 0 spiro atoms. The number of aryl methyl sites for hydroxylation is 1. The number of hydrogen-bond donors (Lipinski definition) is 1. The van der Waals surface area contributed by atoms with Crippen LogP contribution in [0.1, 0.15) is 23.5 Å². The van der Waals surface area contributed by atoms with Crippen molar-refractivity contribution >= 4 is 11.3 Å². The molecule has 1 aromatic rings. The van der Waals surface area contributed by atoms with Gasteiger partial charge >= 0.3 is 0 Å². The zero-order chi connectivity index (χ0) is 12.4. The number of hydrogen-bond acceptors (Lipinski definition) is 5. The number of nitrogens with zero attached hydrogens (tertiary/aromatic N) is 2. The Morgan fingerprint density at radius 3 is 3.22 bits per heavy atom. The Hall–Kier alpha value is -0.490. The fraction of sp³-hybridized carbons (Fsp3) is 0.769. The second kappa shape index (κ2) is 5.65. The van der Waals surface area contributed by atoms with Gasteiger partial charge in [-0.2, -0.15) is 0 Å². The van der Waals surface area contributed by atoms with E-state index in [-0.39, 0.29) is 0 Å². The van der Waals surface area contributed by atoms with Crippen LogP contribution in [-0.2, 0) is 11.3 Å². The number of ether oxygens (including phenoxy) is 1. The van der Waals surface area contributed by atoms with E-state index < -0.39 is 0 Å². The minimum absolute atomic E-state index is 0.411. The molecule has 0 bridgehead atoms. The van der Waals surface area contributed by atoms with Gasteiger partial charge < -0.3 is 10.1 Å². The van der Waals surface area contributed by atoms with Crippen molar-refractivity contribution in [3.63, 3.8) is 0 Å². The first-order valence-corrected chi connectivity index (χ1v) is 7.68. The van der Waals surface area contributed by atoms with Crippen LogP contribution in [0.25, 0.3) is 0 Å². The molecule has 100 valence electrons. The van der Waals surface area contributed by atoms with Gasteiger partial charge in [-0.1, -0.05) is 0 Å². The van der Waals surface area contributed by atoms with E-state index in [9.17, 15) is 0 Å². The van der Waals surface area contributed by atoms with Crippen molar-refractivity contribution in [3.8, 4) is 0 Å². The van der Waals surface area contributed by atoms with Crippen LogP contribution >= 0.6 is 11.3 Å². The van der Waals surface area contributed by atoms with Gasteiger partial charge in [0.1, 0.15) is 0 Å². The molecule has 2 aliphatic rings. The van der Waals surface area contributed by atoms with Crippen LogP contribution in [0.4, 0.5) is 0 Å². The van der Waals surface area contributed by atoms with Gasteiger partial charge in [0.25, 0.3) is 0 Å². The monoisotopic (exact) mass is 267 g/mol. The molecule has 2 atom stereocenters. The van der Waals surface area contributed by atoms with Gasteiger partial charge in [0.15, 0.2) is 0 Å². The predicted octanol–water partition coefficient (Wildman–Crippen LogP) is 1.40. The summed E-state index contributed by atoms with van der Waals surface area (Å²) in [5.41, 5.74) is 1.22. The molecule has 18 heavy (non-hydrogen) atoms. The van der Waals surface area contributed by atoms with Gasteiger partial charge in [-0.05, 0) is 32.9 Å². The molecule has 0 aromatic carbocycles. The molecule has 0 saturated carbocycles. The van der Waals surface area contributed by atoms with Gasteiger partial charge in [0.2, 0.25) is 0 Å². The first-order chi connectivity index (χ1) is 8.83. The molecule has 0 aliphatic carbocycles. The molecule has 0 unspecified atom stereocenters. The fourth-order valence-electron chi connectivity index (χ4n) is 2.98. The highest BCUT2D eigenvalue weighted by atomic mass is 32.1. The molecule has 3 rings (SSSR count). The molecule has 1 N–H and O–H groups in total. The van der Waals surface area contributed by atoms with Crippen LogP contribution in [0.15, 0.2) is 5.38 Å². The normalized spacial score (nSPS) is 29.8. The lowest BCUT2D eigenvalue weighted by atomic mass is 10.0. The van der Waals surface area contributed by atoms with Gasteiger partial charge in [0.05, 0.1) is 23.4 Å². The van der Waals surface area contributed by atoms with Crippen molar-refractivity contribution in [2.45, 2.75) is 38.5 Å². The Kier molecular flexibility index (Phi) is 3.94. The van der Waals surface area contributed by atoms with Crippen molar-refractivity contribution < 1.29 is 4.74 Å². The van der Waals surface area contributed by atoms with Crippen molar-refractivity contribution in [1.82, 2.24) is 15.2 Å². The maximum absolute atomic E-state index is 5.94. The summed E-state index contributed by atoms with van der Waals surface area (Å²) in [7, 11) is 0. The van der Waals surface area contributed by atoms with Gasteiger partial charge in [-0.3, -0.25) is 4.90 Å². The summed E-state index contributed by atoms with van der Waals surface area (Å²) < 4.78 is 5.94. The van der Waals surface area contributed by atoms with E-state index in [2.05, 4.69) is 27.5 Å². The van der Waals surface area contributed by atoms with Crippen LogP contribution in [0.2, 0.25) is 0 Å². The maximum Gasteiger partial charge on any atom is 0.0897 e. The Balaban J connectivity index is 1.69. The third kappa shape index (κ3) is 2.74. The Bertz CT molecular complexity index is 395. The van der Waals surface area contributed by atoms with Crippen molar-refractivity contribution in [2.75, 3.05) is 26.2 Å². The highest BCUT2D eigenvalue weighted by Crippen LogP contribution is 2.23. The highest BCUT2D eigenvalue weighted by Gasteiger charge is 2.33. The Morgan fingerprint density at radius 2 is 2.39 bits per heavy atom. The van der Waals surface area contributed by atoms with Crippen LogP contribution in [-0.4, -0.2) is 48.3 Å². The first-order valence-electron chi connectivity index (χ1n) is 6.80. The number of aromatic nitrogens is 1. The smallest absolute Gasteiger partial charge is 0.0897 e. The molecule has 0 amide bonds. The van der Waals surface area contributed by atoms with Crippen LogP contribution < -0.4 is 5.32 Å². The molecule has 1 aromatic heterocycles. The van der Waals surface area contributed by atoms with E-state index >= 15 is 0 Å². The Labute approximate surface area is 112 Å². The summed E-state index contributed by atoms with van der Waals surface area (Å²) in [6, 6.07) is 0.566. The van der Waals surface area contributed by atoms with Crippen LogP contribution in [0.3, 0.4) is 0 Å². The first kappa shape index (κ1) is 12.5. The summed E-state index contributed by atoms with van der Waals surface area (Å²) in [4.78, 5) is 7.15. The second-order valence-corrected chi connectivity index (χ2v) is 6.19. The summed E-state index contributed by atoms with van der Waals surface area (Å²) in [5.74, 6) is 0. The van der Waals surface area contributed by atoms with E-state index in [1.54, 1.807) is 11.3 Å². The zero-order valence-electron chi connectivity index (χ0n) is 10.9. The summed E-state index contributed by atoms with van der Waals surface area (Å²) in [5, 5.41) is 6.83. The highest BCUT2D eigenvalue weighted by molar-refractivity contribution is 7.09. The SMILES string of the molecule is Cc1nc(CN2CCO[C@@H]3CCNCC[C@@H]32)cs1. The van der Waals surface area contributed by atoms with E-state index in [1.165, 1.54) is 12.1 Å². The minimum atomic E-state index is 0.411. The number of rotatable bonds is 2. The van der Waals surface area contributed by atoms with Gasteiger partial charge in [-0.15, -0.1) is 11.3 Å². The summed E-state index contributed by atoms with van der Waals surface area (Å²) >= 11 is 1.75. The van der Waals surface area contributed by atoms with Crippen molar-refractivity contribution in [1.29, 1.82) is 0 Å². The topological polar surface area (TPSA) is 37.4 Å². The standard InChI is InChI=1S/C13H21N3OS/c1-10-15-11(9-18-10)8-16-6-7-17-13-3-5-14-4-2-12(13)16/h9,12-14H,2-8H2,1H3/t12-,13+/m0/s1. The van der Waals surface area contributed by atoms with Crippen molar-refractivity contribution in [2.24, 2.45) is 0 Å². The number of morpholine rings is 1. The molecular weight excluding hydrogens is 246 g/mol. The third-order valence-electron chi connectivity index (χ3n) is 3.86. The summed E-state index contributed by atoms with van der Waals surface area (Å²) in [6.45, 7) is 7.16. The molecule has 0 radical (unpaired) electrons. The molecule has 2 saturated heterocycles.